The predicted octanol–water partition coefficient (Wildman–Crippen LogP) is 4.12. The number of carbonyl (C=O) groups is 2. The molecule has 2 aromatic carbocycles. The third-order valence-corrected chi connectivity index (χ3v) is 4.22. The Kier molecular flexibility index (Phi) is 8.79. The Hall–Kier alpha value is -3.63. The second-order valence-corrected chi connectivity index (χ2v) is 6.57. The summed E-state index contributed by atoms with van der Waals surface area (Å²) in [7, 11) is 0. The molecule has 0 saturated heterocycles. The largest absolute Gasteiger partial charge is 0.466 e. The Morgan fingerprint density at radius 3 is 2.03 bits per heavy atom. The molecule has 1 atom stereocenters. The Morgan fingerprint density at radius 2 is 1.58 bits per heavy atom. The summed E-state index contributed by atoms with van der Waals surface area (Å²) in [6, 6.07) is 12.9. The fraction of sp³-hybridized carbons (Fsp3) is 0.208. The van der Waals surface area contributed by atoms with Gasteiger partial charge in [0.25, 0.3) is 0 Å². The normalized spacial score (nSPS) is 11.6. The summed E-state index contributed by atoms with van der Waals surface area (Å²) in [6.07, 6.45) is 0.596. The van der Waals surface area contributed by atoms with Crippen molar-refractivity contribution in [1.82, 2.24) is 0 Å². The Balaban J connectivity index is 2.32. The highest BCUT2D eigenvalue weighted by atomic mass is 19.1. The van der Waals surface area contributed by atoms with Crippen molar-refractivity contribution in [1.29, 1.82) is 5.26 Å². The van der Waals surface area contributed by atoms with Gasteiger partial charge in [0.15, 0.2) is 0 Å². The van der Waals surface area contributed by atoms with E-state index in [9.17, 15) is 28.7 Å². The maximum Gasteiger partial charge on any atom is 0.313 e. The highest BCUT2D eigenvalue weighted by Gasteiger charge is 2.15. The van der Waals surface area contributed by atoms with E-state index in [0.29, 0.717) is 16.7 Å². The van der Waals surface area contributed by atoms with E-state index in [4.69, 9.17) is 4.74 Å². The lowest BCUT2D eigenvalue weighted by Gasteiger charge is -2.11. The van der Waals surface area contributed by atoms with Gasteiger partial charge in [0.05, 0.1) is 24.4 Å². The molecule has 2 aromatic rings. The first-order chi connectivity index (χ1) is 14.8. The number of esters is 1. The van der Waals surface area contributed by atoms with Gasteiger partial charge in [-0.2, -0.15) is 5.26 Å². The van der Waals surface area contributed by atoms with E-state index in [-0.39, 0.29) is 18.6 Å². The number of Topliss-reactive ketones (excluding diaryl/α,β-unsaturated/α-hetero) is 1. The molecule has 7 heteroatoms. The van der Waals surface area contributed by atoms with E-state index < -0.39 is 35.9 Å². The highest BCUT2D eigenvalue weighted by molar-refractivity contribution is 5.95. The molecule has 0 fully saturated rings. The summed E-state index contributed by atoms with van der Waals surface area (Å²) in [6.45, 7) is 1.77. The van der Waals surface area contributed by atoms with Crippen LogP contribution in [-0.2, 0) is 14.3 Å². The van der Waals surface area contributed by atoms with Gasteiger partial charge in [0.2, 0.25) is 0 Å². The SMILES string of the molecule is CCOC(=O)CC(=O)CC(O)C=CC(C#N)=C(c1ccc(F)cc1)c1ccc(F)cc1. The lowest BCUT2D eigenvalue weighted by atomic mass is 9.93. The summed E-state index contributed by atoms with van der Waals surface area (Å²) in [5.74, 6) is -2.08. The van der Waals surface area contributed by atoms with Crippen LogP contribution >= 0.6 is 0 Å². The molecule has 0 amide bonds. The first-order valence-corrected chi connectivity index (χ1v) is 9.53. The number of hydrogen-bond acceptors (Lipinski definition) is 5. The molecule has 0 aromatic heterocycles. The molecule has 0 bridgehead atoms. The monoisotopic (exact) mass is 425 g/mol. The molecule has 5 nitrogen and oxygen atoms in total. The molecule has 0 aliphatic carbocycles. The molecular weight excluding hydrogens is 404 g/mol. The van der Waals surface area contributed by atoms with Crippen LogP contribution < -0.4 is 0 Å². The Bertz CT molecular complexity index is 972. The summed E-state index contributed by atoms with van der Waals surface area (Å²) >= 11 is 0. The smallest absolute Gasteiger partial charge is 0.313 e. The molecule has 2 rings (SSSR count). The van der Waals surface area contributed by atoms with E-state index in [1.54, 1.807) is 6.92 Å². The first-order valence-electron chi connectivity index (χ1n) is 9.53. The van der Waals surface area contributed by atoms with Crippen LogP contribution in [0.5, 0.6) is 0 Å². The van der Waals surface area contributed by atoms with Crippen molar-refractivity contribution in [3.63, 3.8) is 0 Å². The van der Waals surface area contributed by atoms with E-state index in [2.05, 4.69) is 0 Å². The van der Waals surface area contributed by atoms with Gasteiger partial charge < -0.3 is 9.84 Å². The second kappa shape index (κ2) is 11.5. The minimum atomic E-state index is -1.23. The molecule has 0 aliphatic heterocycles. The summed E-state index contributed by atoms with van der Waals surface area (Å²) in [5.41, 5.74) is 1.56. The number of ketones is 1. The van der Waals surface area contributed by atoms with Crippen LogP contribution in [0.1, 0.15) is 30.9 Å². The molecular formula is C24H21F2NO4. The van der Waals surface area contributed by atoms with Gasteiger partial charge in [-0.05, 0) is 48.4 Å². The zero-order valence-corrected chi connectivity index (χ0v) is 16.8. The van der Waals surface area contributed by atoms with Gasteiger partial charge in [0, 0.05) is 12.0 Å². The van der Waals surface area contributed by atoms with Crippen LogP contribution in [-0.4, -0.2) is 29.6 Å². The standard InChI is InChI=1S/C24H21F2NO4/c1-2-31-23(30)14-22(29)13-21(28)12-7-18(15-27)24(16-3-8-19(25)9-4-16)17-5-10-20(26)11-6-17/h3-12,21,28H,2,13-14H2,1H3. The van der Waals surface area contributed by atoms with Crippen molar-refractivity contribution < 1.29 is 28.2 Å². The number of aliphatic hydroxyl groups is 1. The van der Waals surface area contributed by atoms with Crippen LogP contribution in [0.25, 0.3) is 5.57 Å². The predicted molar refractivity (Wildman–Crippen MR) is 110 cm³/mol. The van der Waals surface area contributed by atoms with Crippen molar-refractivity contribution in [3.05, 3.63) is 89.0 Å². The highest BCUT2D eigenvalue weighted by Crippen LogP contribution is 2.28. The number of hydrogen-bond donors (Lipinski definition) is 1. The van der Waals surface area contributed by atoms with Gasteiger partial charge in [-0.3, -0.25) is 9.59 Å². The molecule has 0 radical (unpaired) electrons. The fourth-order valence-corrected chi connectivity index (χ4v) is 2.84. The molecule has 0 heterocycles. The third kappa shape index (κ3) is 7.28. The molecule has 160 valence electrons. The van der Waals surface area contributed by atoms with Gasteiger partial charge in [-0.25, -0.2) is 8.78 Å². The van der Waals surface area contributed by atoms with Crippen molar-refractivity contribution in [2.45, 2.75) is 25.9 Å². The number of halogens is 2. The van der Waals surface area contributed by atoms with Gasteiger partial charge in [-0.1, -0.05) is 30.3 Å². The summed E-state index contributed by atoms with van der Waals surface area (Å²) in [5, 5.41) is 19.8. The average Bonchev–Trinajstić information content (AvgIpc) is 2.73. The maximum atomic E-state index is 13.4. The lowest BCUT2D eigenvalue weighted by molar-refractivity contribution is -0.145. The fourth-order valence-electron chi connectivity index (χ4n) is 2.84. The van der Waals surface area contributed by atoms with Crippen molar-refractivity contribution in [3.8, 4) is 6.07 Å². The number of rotatable bonds is 9. The maximum absolute atomic E-state index is 13.4. The number of benzene rings is 2. The lowest BCUT2D eigenvalue weighted by Crippen LogP contribution is -2.16. The first kappa shape index (κ1) is 23.6. The number of ether oxygens (including phenoxy) is 1. The van der Waals surface area contributed by atoms with Crippen LogP contribution in [0, 0.1) is 23.0 Å². The summed E-state index contributed by atoms with van der Waals surface area (Å²) < 4.78 is 31.4. The minimum Gasteiger partial charge on any atom is -0.466 e. The molecule has 1 N–H and O–H groups in total. The second-order valence-electron chi connectivity index (χ2n) is 6.57. The average molecular weight is 425 g/mol. The Labute approximate surface area is 178 Å². The van der Waals surface area contributed by atoms with Gasteiger partial charge in [0.1, 0.15) is 23.8 Å². The van der Waals surface area contributed by atoms with E-state index >= 15 is 0 Å². The topological polar surface area (TPSA) is 87.4 Å². The number of carbonyl (C=O) groups excluding carboxylic acids is 2. The number of nitrogens with zero attached hydrogens (tertiary/aromatic N) is 1. The van der Waals surface area contributed by atoms with Crippen LogP contribution in [0.4, 0.5) is 8.78 Å². The summed E-state index contributed by atoms with van der Waals surface area (Å²) in [4.78, 5) is 23.2. The third-order valence-electron chi connectivity index (χ3n) is 4.22. The van der Waals surface area contributed by atoms with Crippen molar-refractivity contribution in [2.24, 2.45) is 0 Å². The molecule has 0 saturated carbocycles. The van der Waals surface area contributed by atoms with Crippen molar-refractivity contribution >= 4 is 17.3 Å². The van der Waals surface area contributed by atoms with Crippen LogP contribution in [0.15, 0.2) is 66.3 Å². The molecule has 0 aliphatic rings. The molecule has 31 heavy (non-hydrogen) atoms. The number of nitriles is 1. The van der Waals surface area contributed by atoms with Crippen molar-refractivity contribution in [2.75, 3.05) is 6.61 Å². The zero-order chi connectivity index (χ0) is 22.8. The van der Waals surface area contributed by atoms with Gasteiger partial charge >= 0.3 is 5.97 Å². The van der Waals surface area contributed by atoms with Crippen LogP contribution in [0.3, 0.4) is 0 Å². The van der Waals surface area contributed by atoms with E-state index in [1.165, 1.54) is 60.7 Å². The van der Waals surface area contributed by atoms with E-state index in [1.807, 2.05) is 6.07 Å². The van der Waals surface area contributed by atoms with E-state index in [0.717, 1.165) is 0 Å². The molecule has 1 unspecified atom stereocenters. The molecule has 0 spiro atoms. The zero-order valence-electron chi connectivity index (χ0n) is 16.8. The number of aliphatic hydroxyl groups excluding tert-OH is 1. The minimum absolute atomic E-state index is 0.120. The number of allylic oxidation sites excluding steroid dienone is 2. The van der Waals surface area contributed by atoms with Gasteiger partial charge in [-0.15, -0.1) is 0 Å². The Morgan fingerprint density at radius 1 is 1.06 bits per heavy atom. The van der Waals surface area contributed by atoms with Crippen LogP contribution in [0.2, 0.25) is 0 Å². The quantitative estimate of drug-likeness (QED) is 0.283.